The molecule has 2 unspecified atom stereocenters. The smallest absolute Gasteiger partial charge is 0.411 e. The number of carbonyl (C=O) groups is 4. The van der Waals surface area contributed by atoms with Gasteiger partial charge in [0.1, 0.15) is 18.0 Å². The van der Waals surface area contributed by atoms with Gasteiger partial charge in [0, 0.05) is 6.42 Å². The first-order valence-electron chi connectivity index (χ1n) is 11.7. The number of carbonyl (C=O) groups excluding carboxylic acids is 4. The van der Waals surface area contributed by atoms with Gasteiger partial charge in [0.2, 0.25) is 11.8 Å². The Morgan fingerprint density at radius 3 is 2.24 bits per heavy atom. The minimum atomic E-state index is -1.24. The van der Waals surface area contributed by atoms with E-state index in [4.69, 9.17) is 21.1 Å². The first-order chi connectivity index (χ1) is 17.9. The fourth-order valence-corrected chi connectivity index (χ4v) is 5.31. The average Bonchev–Trinajstić information content (AvgIpc) is 2.93. The molecule has 0 saturated carbocycles. The zero-order chi connectivity index (χ0) is 26.4. The summed E-state index contributed by atoms with van der Waals surface area (Å²) in [7, 11) is 0. The van der Waals surface area contributed by atoms with Crippen LogP contribution in [0.3, 0.4) is 0 Å². The molecule has 194 valence electrons. The van der Waals surface area contributed by atoms with Crippen LogP contribution in [0.2, 0.25) is 0 Å². The van der Waals surface area contributed by atoms with E-state index in [1.807, 2.05) is 60.7 Å². The highest BCUT2D eigenvalue weighted by molar-refractivity contribution is 8.02. The van der Waals surface area contributed by atoms with Crippen molar-refractivity contribution in [3.05, 3.63) is 82.9 Å². The molecule has 0 spiro atoms. The number of nitrogens with zero attached hydrogens (tertiary/aromatic N) is 1. The maximum Gasteiger partial charge on any atom is 0.411 e. The molecule has 3 atom stereocenters. The number of nitrogens with one attached hydrogen (secondary N) is 2. The quantitative estimate of drug-likeness (QED) is 0.283. The third-order valence-corrected chi connectivity index (χ3v) is 7.17. The number of halogens is 1. The molecule has 1 fully saturated rings. The molecule has 2 aromatic rings. The number of ether oxygens (including phenoxy) is 2. The predicted octanol–water partition coefficient (Wildman–Crippen LogP) is 3.30. The Morgan fingerprint density at radius 2 is 1.68 bits per heavy atom. The lowest BCUT2D eigenvalue weighted by atomic mass is 9.99. The third kappa shape index (κ3) is 5.91. The summed E-state index contributed by atoms with van der Waals surface area (Å²) in [5, 5.41) is 6.28. The highest BCUT2D eigenvalue weighted by Crippen LogP contribution is 2.40. The van der Waals surface area contributed by atoms with Gasteiger partial charge in [-0.3, -0.25) is 14.9 Å². The van der Waals surface area contributed by atoms with Crippen molar-refractivity contribution in [3.63, 3.8) is 0 Å². The van der Waals surface area contributed by atoms with Crippen LogP contribution in [0.15, 0.2) is 71.8 Å². The molecule has 2 heterocycles. The summed E-state index contributed by atoms with van der Waals surface area (Å²) in [5.41, 5.74) is 1.62. The first-order valence-corrected chi connectivity index (χ1v) is 13.2. The number of fused-ring (bicyclic) bond motifs is 1. The molecule has 2 N–H and O–H groups in total. The summed E-state index contributed by atoms with van der Waals surface area (Å²) >= 11 is 6.80. The van der Waals surface area contributed by atoms with E-state index in [1.54, 1.807) is 12.3 Å². The molecule has 0 radical (unpaired) electrons. The molecule has 2 aromatic carbocycles. The lowest BCUT2D eigenvalue weighted by Crippen LogP contribution is -2.74. The van der Waals surface area contributed by atoms with Crippen molar-refractivity contribution in [1.82, 2.24) is 15.5 Å². The molecule has 4 rings (SSSR count). The van der Waals surface area contributed by atoms with Crippen molar-refractivity contribution in [2.45, 2.75) is 36.9 Å². The Balaban J connectivity index is 1.63. The molecule has 2 aliphatic rings. The van der Waals surface area contributed by atoms with E-state index in [0.29, 0.717) is 0 Å². The second-order valence-corrected chi connectivity index (χ2v) is 9.60. The summed E-state index contributed by atoms with van der Waals surface area (Å²) in [4.78, 5) is 52.3. The van der Waals surface area contributed by atoms with Crippen molar-refractivity contribution in [2.24, 2.45) is 0 Å². The number of β-lactam (4-membered cyclic amide) rings is 1. The fraction of sp³-hybridized carbons (Fsp3) is 0.308. The van der Waals surface area contributed by atoms with E-state index < -0.39 is 41.5 Å². The summed E-state index contributed by atoms with van der Waals surface area (Å²) in [6.07, 6.45) is -1.34. The van der Waals surface area contributed by atoms with Crippen LogP contribution < -0.4 is 10.6 Å². The van der Waals surface area contributed by atoms with Gasteiger partial charge in [-0.25, -0.2) is 9.59 Å². The number of alkyl carbamates (subject to hydrolysis) is 1. The third-order valence-electron chi connectivity index (χ3n) is 5.84. The lowest BCUT2D eigenvalue weighted by molar-refractivity contribution is -0.165. The molecule has 11 heteroatoms. The molecule has 9 nitrogen and oxygen atoms in total. The number of amides is 3. The Labute approximate surface area is 223 Å². The number of rotatable bonds is 9. The van der Waals surface area contributed by atoms with E-state index in [-0.39, 0.29) is 30.5 Å². The Hall–Kier alpha value is -3.50. The van der Waals surface area contributed by atoms with Crippen LogP contribution in [-0.2, 0) is 23.9 Å². The number of alkyl halides is 1. The monoisotopic (exact) mass is 543 g/mol. The van der Waals surface area contributed by atoms with Crippen LogP contribution in [0.4, 0.5) is 4.79 Å². The summed E-state index contributed by atoms with van der Waals surface area (Å²) in [5.74, 6) is -1.35. The number of benzene rings is 2. The van der Waals surface area contributed by atoms with Gasteiger partial charge in [-0.15, -0.1) is 23.4 Å². The maximum absolute atomic E-state index is 13.7. The van der Waals surface area contributed by atoms with Gasteiger partial charge in [-0.2, -0.15) is 0 Å². The van der Waals surface area contributed by atoms with E-state index in [1.165, 1.54) is 16.7 Å². The van der Waals surface area contributed by atoms with Crippen molar-refractivity contribution in [3.8, 4) is 0 Å². The van der Waals surface area contributed by atoms with E-state index in [2.05, 4.69) is 10.6 Å². The lowest BCUT2D eigenvalue weighted by Gasteiger charge is -2.51. The van der Waals surface area contributed by atoms with Crippen LogP contribution in [0.1, 0.15) is 30.6 Å². The topological polar surface area (TPSA) is 114 Å². The molecule has 2 aliphatic heterocycles. The highest BCUT2D eigenvalue weighted by atomic mass is 35.5. The van der Waals surface area contributed by atoms with Gasteiger partial charge in [-0.05, 0) is 16.5 Å². The van der Waals surface area contributed by atoms with Crippen LogP contribution in [0.5, 0.6) is 0 Å². The average molecular weight is 544 g/mol. The number of hydrogen-bond donors (Lipinski definition) is 2. The largest absolute Gasteiger partial charge is 0.451 e. The van der Waals surface area contributed by atoms with E-state index in [9.17, 15) is 19.2 Å². The fourth-order valence-electron chi connectivity index (χ4n) is 4.06. The zero-order valence-corrected chi connectivity index (χ0v) is 21.5. The van der Waals surface area contributed by atoms with Gasteiger partial charge >= 0.3 is 12.1 Å². The summed E-state index contributed by atoms with van der Waals surface area (Å²) < 4.78 is 11.0. The van der Waals surface area contributed by atoms with E-state index >= 15 is 0 Å². The van der Waals surface area contributed by atoms with Crippen molar-refractivity contribution in [2.75, 3.05) is 12.5 Å². The highest BCUT2D eigenvalue weighted by Gasteiger charge is 2.56. The molecule has 0 bridgehead atoms. The molecular formula is C26H26ClN3O6S. The number of hydrogen-bond acceptors (Lipinski definition) is 7. The molecular weight excluding hydrogens is 518 g/mol. The number of esters is 1. The van der Waals surface area contributed by atoms with Gasteiger partial charge < -0.3 is 19.7 Å². The molecule has 0 aromatic heterocycles. The van der Waals surface area contributed by atoms with Crippen molar-refractivity contribution in [1.29, 1.82) is 0 Å². The number of thioether (sulfide) groups is 1. The van der Waals surface area contributed by atoms with E-state index in [0.717, 1.165) is 11.1 Å². The molecule has 3 amide bonds. The zero-order valence-electron chi connectivity index (χ0n) is 20.0. The molecule has 1 saturated heterocycles. The van der Waals surface area contributed by atoms with Crippen LogP contribution in [0, 0.1) is 0 Å². The normalized spacial score (nSPS) is 20.3. The van der Waals surface area contributed by atoms with Crippen molar-refractivity contribution >= 4 is 47.2 Å². The molecule has 0 aliphatic carbocycles. The van der Waals surface area contributed by atoms with Gasteiger partial charge in [0.15, 0.2) is 12.1 Å². The van der Waals surface area contributed by atoms with Gasteiger partial charge in [0.05, 0.1) is 11.6 Å². The summed E-state index contributed by atoms with van der Waals surface area (Å²) in [6, 6.07) is 16.4. The Kier molecular flexibility index (Phi) is 8.73. The van der Waals surface area contributed by atoms with Gasteiger partial charge in [0.25, 0.3) is 0 Å². The SMILES string of the molecule is CCC(=O)NC1C(=O)N2C(C(=O)OC(c3ccccc3)c3ccccc3)C(NC(=O)OCCCl)=CS[C@H]12. The first kappa shape index (κ1) is 26.6. The Morgan fingerprint density at radius 1 is 1.05 bits per heavy atom. The standard InChI is InChI=1S/C26H26ClN3O6S/c1-2-19(31)29-20-23(32)30-21(18(15-37-24(20)30)28-26(34)35-14-13-27)25(33)36-22(16-9-5-3-6-10-16)17-11-7-4-8-12-17/h3-12,15,20-22,24H,2,13-14H2,1H3,(H,28,34)(H,29,31)/t20?,21?,24-/m1/s1. The maximum atomic E-state index is 13.7. The van der Waals surface area contributed by atoms with Crippen molar-refractivity contribution < 1.29 is 28.7 Å². The predicted molar refractivity (Wildman–Crippen MR) is 138 cm³/mol. The van der Waals surface area contributed by atoms with Crippen LogP contribution >= 0.6 is 23.4 Å². The van der Waals surface area contributed by atoms with Gasteiger partial charge in [-0.1, -0.05) is 67.6 Å². The van der Waals surface area contributed by atoms with Crippen LogP contribution in [-0.4, -0.2) is 58.7 Å². The summed E-state index contributed by atoms with van der Waals surface area (Å²) in [6.45, 7) is 1.66. The second-order valence-electron chi connectivity index (χ2n) is 8.23. The minimum Gasteiger partial charge on any atom is -0.451 e. The second kappa shape index (κ2) is 12.2. The Bertz CT molecular complexity index is 1140. The van der Waals surface area contributed by atoms with Crippen LogP contribution in [0.25, 0.3) is 0 Å². The molecule has 37 heavy (non-hydrogen) atoms. The minimum absolute atomic E-state index is 0.0244.